The van der Waals surface area contributed by atoms with Crippen molar-refractivity contribution < 1.29 is 58.3 Å². The summed E-state index contributed by atoms with van der Waals surface area (Å²) in [5, 5.41) is 50.3. The number of esters is 1. The van der Waals surface area contributed by atoms with Gasteiger partial charge in [0.1, 0.15) is 42.7 Å². The molecule has 0 aromatic carbocycles. The fraction of sp³-hybridized carbons (Fsp3) is 0.796. The molecule has 0 aliphatic heterocycles. The minimum absolute atomic E-state index is 0.0886. The molecule has 1 fully saturated rings. The Bertz CT molecular complexity index is 1340. The van der Waals surface area contributed by atoms with Crippen LogP contribution in [0.15, 0.2) is 60.8 Å². The average molecular weight is 969 g/mol. The fourth-order valence-electron chi connectivity index (χ4n) is 7.86. The van der Waals surface area contributed by atoms with Crippen LogP contribution in [0.5, 0.6) is 0 Å². The number of carbonyl (C=O) groups is 1. The topological polar surface area (TPSA) is 192 Å². The van der Waals surface area contributed by atoms with Crippen LogP contribution in [0.2, 0.25) is 0 Å². The number of allylic oxidation sites excluding steroid dienone is 10. The van der Waals surface area contributed by atoms with Crippen LogP contribution >= 0.6 is 7.82 Å². The zero-order chi connectivity index (χ0) is 49.1. The summed E-state index contributed by atoms with van der Waals surface area (Å²) in [7, 11) is -5.03. The number of aliphatic hydroxyl groups excluding tert-OH is 5. The first-order valence-corrected chi connectivity index (χ1v) is 28.1. The van der Waals surface area contributed by atoms with Gasteiger partial charge in [0.2, 0.25) is 0 Å². The van der Waals surface area contributed by atoms with Gasteiger partial charge >= 0.3 is 13.8 Å². The number of hydrogen-bond donors (Lipinski definition) is 6. The Hall–Kier alpha value is -1.96. The van der Waals surface area contributed by atoms with Gasteiger partial charge in [0.15, 0.2) is 0 Å². The summed E-state index contributed by atoms with van der Waals surface area (Å²) in [4.78, 5) is 23.3. The molecule has 0 bridgehead atoms. The van der Waals surface area contributed by atoms with E-state index in [0.29, 0.717) is 13.0 Å². The number of ether oxygens (including phenoxy) is 2. The Morgan fingerprint density at radius 1 is 0.478 bits per heavy atom. The summed E-state index contributed by atoms with van der Waals surface area (Å²) in [6, 6.07) is 0. The van der Waals surface area contributed by atoms with E-state index >= 15 is 0 Å². The molecule has 12 nitrogen and oxygen atoms in total. The fourth-order valence-corrected chi connectivity index (χ4v) is 8.84. The zero-order valence-corrected chi connectivity index (χ0v) is 42.8. The number of rotatable bonds is 45. The van der Waals surface area contributed by atoms with Crippen LogP contribution in [0, 0.1) is 0 Å². The van der Waals surface area contributed by atoms with Crippen LogP contribution in [0.25, 0.3) is 0 Å². The first kappa shape index (κ1) is 63.1. The normalized spacial score (nSPS) is 21.7. The number of unbranched alkanes of at least 4 members (excludes halogenated alkanes) is 23. The van der Waals surface area contributed by atoms with E-state index in [0.717, 1.165) is 83.5 Å². The van der Waals surface area contributed by atoms with E-state index in [1.807, 2.05) is 0 Å². The van der Waals surface area contributed by atoms with Gasteiger partial charge in [0.25, 0.3) is 0 Å². The Balaban J connectivity index is 2.35. The van der Waals surface area contributed by atoms with Crippen LogP contribution in [0.3, 0.4) is 0 Å². The van der Waals surface area contributed by atoms with Gasteiger partial charge in [-0.15, -0.1) is 0 Å². The smallest absolute Gasteiger partial charge is 0.457 e. The molecule has 1 aliphatic carbocycles. The second-order valence-electron chi connectivity index (χ2n) is 18.4. The van der Waals surface area contributed by atoms with Crippen LogP contribution in [-0.4, -0.2) is 98.9 Å². The van der Waals surface area contributed by atoms with Crippen LogP contribution < -0.4 is 0 Å². The van der Waals surface area contributed by atoms with E-state index in [1.165, 1.54) is 103 Å². The maximum absolute atomic E-state index is 12.9. The number of carbonyl (C=O) groups excluding carboxylic acids is 1. The highest BCUT2D eigenvalue weighted by Gasteiger charge is 2.51. The first-order chi connectivity index (χ1) is 32.5. The molecule has 0 spiro atoms. The van der Waals surface area contributed by atoms with E-state index in [-0.39, 0.29) is 13.0 Å². The van der Waals surface area contributed by atoms with Gasteiger partial charge in [0.05, 0.1) is 13.2 Å². The van der Waals surface area contributed by atoms with E-state index in [1.54, 1.807) is 0 Å². The molecule has 1 aliphatic rings. The lowest BCUT2D eigenvalue weighted by Crippen LogP contribution is -2.64. The SMILES string of the molecule is CCCCCC/C=C\C/C=C\CCCCCCCCCC(=O)OC(COCCCCCCCCC/C=C\C/C=C\C/C=C\CCCCCCC)COP(=O)(O)OC1C(O)C(O)C(O)C(O)C1O. The third-order valence-electron chi connectivity index (χ3n) is 12.1. The second-order valence-corrected chi connectivity index (χ2v) is 19.8. The summed E-state index contributed by atoms with van der Waals surface area (Å²) in [5.74, 6) is -0.489. The highest BCUT2D eigenvalue weighted by molar-refractivity contribution is 7.47. The van der Waals surface area contributed by atoms with Crippen molar-refractivity contribution in [3.8, 4) is 0 Å². The minimum Gasteiger partial charge on any atom is -0.457 e. The molecule has 0 aromatic heterocycles. The first-order valence-electron chi connectivity index (χ1n) is 26.6. The molecule has 0 aromatic rings. The van der Waals surface area contributed by atoms with Gasteiger partial charge in [0, 0.05) is 13.0 Å². The Morgan fingerprint density at radius 2 is 0.836 bits per heavy atom. The third-order valence-corrected chi connectivity index (χ3v) is 13.1. The summed E-state index contributed by atoms with van der Waals surface area (Å²) in [6.07, 6.45) is 44.2. The van der Waals surface area contributed by atoms with Gasteiger partial charge in [-0.1, -0.05) is 184 Å². The number of hydrogen-bond acceptors (Lipinski definition) is 11. The van der Waals surface area contributed by atoms with E-state index < -0.39 is 63.1 Å². The predicted molar refractivity (Wildman–Crippen MR) is 272 cm³/mol. The Morgan fingerprint density at radius 3 is 1.28 bits per heavy atom. The standard InChI is InChI=1S/C54H97O12P/c1-3-5-7-9-11-13-15-17-19-21-23-24-25-26-28-30-32-34-36-38-40-42-44-63-45-47(46-64-67(61,62)66-54-52(59)50(57)49(56)51(58)53(54)60)65-48(55)43-41-39-37-35-33-31-29-27-22-20-18-16-14-12-10-8-6-4-2/h14-17,20-23,25-26,47,49-54,56-60H,3-13,18-19,24,27-46H2,1-2H3,(H,61,62)/b16-14-,17-15-,22-20-,23-21-,26-25-. The quantitative estimate of drug-likeness (QED) is 0.0147. The number of phosphoric ester groups is 1. The van der Waals surface area contributed by atoms with Crippen molar-refractivity contribution in [2.45, 2.75) is 256 Å². The lowest BCUT2D eigenvalue weighted by Gasteiger charge is -2.41. The van der Waals surface area contributed by atoms with Crippen LogP contribution in [0.1, 0.15) is 213 Å². The average Bonchev–Trinajstić information content (AvgIpc) is 3.31. The summed E-state index contributed by atoms with van der Waals surface area (Å²) >= 11 is 0. The third kappa shape index (κ3) is 35.7. The van der Waals surface area contributed by atoms with Gasteiger partial charge in [-0.3, -0.25) is 13.8 Å². The van der Waals surface area contributed by atoms with E-state index in [9.17, 15) is 39.8 Å². The molecule has 0 amide bonds. The maximum Gasteiger partial charge on any atom is 0.472 e. The number of aliphatic hydroxyl groups is 5. The molecule has 390 valence electrons. The van der Waals surface area contributed by atoms with Gasteiger partial charge in [-0.25, -0.2) is 4.57 Å². The lowest BCUT2D eigenvalue weighted by molar-refractivity contribution is -0.220. The lowest BCUT2D eigenvalue weighted by atomic mass is 9.85. The molecule has 6 N–H and O–H groups in total. The van der Waals surface area contributed by atoms with Crippen LogP contribution in [-0.2, 0) is 27.9 Å². The van der Waals surface area contributed by atoms with Crippen molar-refractivity contribution in [1.29, 1.82) is 0 Å². The summed E-state index contributed by atoms with van der Waals surface area (Å²) < 4.78 is 34.3. The molecular formula is C54H97O12P. The largest absolute Gasteiger partial charge is 0.472 e. The van der Waals surface area contributed by atoms with Crippen molar-refractivity contribution in [2.24, 2.45) is 0 Å². The summed E-state index contributed by atoms with van der Waals surface area (Å²) in [5.41, 5.74) is 0. The molecule has 0 radical (unpaired) electrons. The molecule has 1 saturated carbocycles. The second kappa shape index (κ2) is 44.0. The molecule has 1 rings (SSSR count). The maximum atomic E-state index is 12.9. The van der Waals surface area contributed by atoms with E-state index in [2.05, 4.69) is 74.6 Å². The van der Waals surface area contributed by atoms with Gasteiger partial charge in [-0.2, -0.15) is 0 Å². The van der Waals surface area contributed by atoms with Crippen molar-refractivity contribution >= 4 is 13.8 Å². The molecular weight excluding hydrogens is 872 g/mol. The Kier molecular flexibility index (Phi) is 41.4. The van der Waals surface area contributed by atoms with Gasteiger partial charge in [-0.05, 0) is 83.5 Å². The molecule has 67 heavy (non-hydrogen) atoms. The van der Waals surface area contributed by atoms with Crippen LogP contribution in [0.4, 0.5) is 0 Å². The molecule has 6 atom stereocenters. The molecule has 0 heterocycles. The monoisotopic (exact) mass is 969 g/mol. The summed E-state index contributed by atoms with van der Waals surface area (Å²) in [6.45, 7) is 4.22. The number of phosphoric acid groups is 1. The van der Waals surface area contributed by atoms with Gasteiger partial charge < -0.3 is 39.9 Å². The zero-order valence-electron chi connectivity index (χ0n) is 41.9. The van der Waals surface area contributed by atoms with Crippen molar-refractivity contribution in [3.63, 3.8) is 0 Å². The Labute approximate surface area is 407 Å². The molecule has 6 unspecified atom stereocenters. The highest BCUT2D eigenvalue weighted by Crippen LogP contribution is 2.47. The van der Waals surface area contributed by atoms with Crippen molar-refractivity contribution in [1.82, 2.24) is 0 Å². The molecule has 0 saturated heterocycles. The minimum atomic E-state index is -5.03. The van der Waals surface area contributed by atoms with E-state index in [4.69, 9.17) is 18.5 Å². The van der Waals surface area contributed by atoms with Crippen molar-refractivity contribution in [2.75, 3.05) is 19.8 Å². The predicted octanol–water partition coefficient (Wildman–Crippen LogP) is 12.1. The highest BCUT2D eigenvalue weighted by atomic mass is 31.2. The van der Waals surface area contributed by atoms with Crippen molar-refractivity contribution in [3.05, 3.63) is 60.8 Å². The molecule has 13 heteroatoms.